The third-order valence-electron chi connectivity index (χ3n) is 2.76. The second-order valence-electron chi connectivity index (χ2n) is 3.99. The summed E-state index contributed by atoms with van der Waals surface area (Å²) in [4.78, 5) is 2.31. The van der Waals surface area contributed by atoms with E-state index in [1.165, 1.54) is 11.3 Å². The molecule has 1 unspecified atom stereocenters. The van der Waals surface area contributed by atoms with Gasteiger partial charge in [0.1, 0.15) is 0 Å². The maximum atomic E-state index is 2.31. The van der Waals surface area contributed by atoms with E-state index in [1.807, 2.05) is 0 Å². The van der Waals surface area contributed by atoms with Crippen LogP contribution in [0.4, 0.5) is 5.69 Å². The minimum Gasteiger partial charge on any atom is -0.348 e. The molecular formula is C13H17N. The number of nitrogens with zero attached hydrogens (tertiary/aromatic N) is 1. The van der Waals surface area contributed by atoms with E-state index in [4.69, 9.17) is 0 Å². The van der Waals surface area contributed by atoms with Gasteiger partial charge in [0.15, 0.2) is 0 Å². The van der Waals surface area contributed by atoms with E-state index in [0.29, 0.717) is 5.92 Å². The number of hydrogen-bond donors (Lipinski definition) is 0. The predicted molar refractivity (Wildman–Crippen MR) is 61.5 cm³/mol. The van der Waals surface area contributed by atoms with E-state index in [-0.39, 0.29) is 0 Å². The Kier molecular flexibility index (Phi) is 2.58. The fourth-order valence-electron chi connectivity index (χ4n) is 1.80. The highest BCUT2D eigenvalue weighted by atomic mass is 15.1. The quantitative estimate of drug-likeness (QED) is 0.687. The Labute approximate surface area is 86.1 Å². The Balaban J connectivity index is 2.14. The van der Waals surface area contributed by atoms with Crippen LogP contribution in [0.5, 0.6) is 0 Å². The zero-order chi connectivity index (χ0) is 9.97. The summed E-state index contributed by atoms with van der Waals surface area (Å²) < 4.78 is 0. The Morgan fingerprint density at radius 3 is 2.50 bits per heavy atom. The van der Waals surface area contributed by atoms with Crippen molar-refractivity contribution in [3.05, 3.63) is 42.1 Å². The van der Waals surface area contributed by atoms with Gasteiger partial charge in [-0.15, -0.1) is 0 Å². The highest BCUT2D eigenvalue weighted by Gasteiger charge is 2.12. The molecule has 14 heavy (non-hydrogen) atoms. The highest BCUT2D eigenvalue weighted by molar-refractivity contribution is 5.51. The second kappa shape index (κ2) is 3.87. The molecule has 1 aliphatic rings. The molecule has 0 spiro atoms. The van der Waals surface area contributed by atoms with Gasteiger partial charge in [-0.05, 0) is 30.0 Å². The number of rotatable bonds is 2. The van der Waals surface area contributed by atoms with Gasteiger partial charge in [-0.1, -0.05) is 32.1 Å². The molecule has 1 heterocycles. The van der Waals surface area contributed by atoms with Gasteiger partial charge in [-0.2, -0.15) is 0 Å². The van der Waals surface area contributed by atoms with Gasteiger partial charge in [0.25, 0.3) is 0 Å². The van der Waals surface area contributed by atoms with Crippen LogP contribution in [-0.2, 0) is 6.42 Å². The number of anilines is 1. The Hall–Kier alpha value is -1.24. The molecule has 1 nitrogen and oxygen atoms in total. The molecule has 1 heteroatoms. The smallest absolute Gasteiger partial charge is 0.0406 e. The molecule has 0 fully saturated rings. The van der Waals surface area contributed by atoms with Gasteiger partial charge in [0.2, 0.25) is 0 Å². The van der Waals surface area contributed by atoms with Crippen molar-refractivity contribution >= 4 is 5.69 Å². The van der Waals surface area contributed by atoms with E-state index in [2.05, 4.69) is 55.3 Å². The second-order valence-corrected chi connectivity index (χ2v) is 3.99. The molecule has 74 valence electrons. The third kappa shape index (κ3) is 1.82. The number of benzene rings is 1. The summed E-state index contributed by atoms with van der Waals surface area (Å²) in [7, 11) is 0. The first-order valence-electron chi connectivity index (χ1n) is 5.33. The summed E-state index contributed by atoms with van der Waals surface area (Å²) in [5.74, 6) is 0.681. The van der Waals surface area contributed by atoms with Crippen molar-refractivity contribution < 1.29 is 0 Å². The Morgan fingerprint density at radius 2 is 2.00 bits per heavy atom. The zero-order valence-electron chi connectivity index (χ0n) is 8.90. The van der Waals surface area contributed by atoms with E-state index < -0.39 is 0 Å². The van der Waals surface area contributed by atoms with E-state index >= 15 is 0 Å². The molecule has 0 saturated carbocycles. The lowest BCUT2D eigenvalue weighted by Crippen LogP contribution is -2.15. The molecular weight excluding hydrogens is 170 g/mol. The van der Waals surface area contributed by atoms with E-state index in [0.717, 1.165) is 13.0 Å². The van der Waals surface area contributed by atoms with Crippen molar-refractivity contribution in [1.82, 2.24) is 0 Å². The highest BCUT2D eigenvalue weighted by Crippen LogP contribution is 2.21. The van der Waals surface area contributed by atoms with Crippen LogP contribution in [0, 0.1) is 5.92 Å². The molecule has 0 N–H and O–H groups in total. The SMILES string of the molecule is CCc1ccc(N2C=CC(C)C2)cc1. The van der Waals surface area contributed by atoms with Gasteiger partial charge < -0.3 is 4.90 Å². The molecule has 1 aliphatic heterocycles. The lowest BCUT2D eigenvalue weighted by molar-refractivity contribution is 0.764. The van der Waals surface area contributed by atoms with Crippen LogP contribution in [0.2, 0.25) is 0 Å². The van der Waals surface area contributed by atoms with Crippen LogP contribution in [0.15, 0.2) is 36.5 Å². The van der Waals surface area contributed by atoms with Crippen LogP contribution in [0.25, 0.3) is 0 Å². The minimum absolute atomic E-state index is 0.681. The van der Waals surface area contributed by atoms with Crippen LogP contribution in [-0.4, -0.2) is 6.54 Å². The van der Waals surface area contributed by atoms with Crippen molar-refractivity contribution in [3.8, 4) is 0 Å². The fraction of sp³-hybridized carbons (Fsp3) is 0.385. The molecule has 2 rings (SSSR count). The minimum atomic E-state index is 0.681. The first kappa shape index (κ1) is 9.32. The van der Waals surface area contributed by atoms with Gasteiger partial charge in [0.05, 0.1) is 0 Å². The molecule has 1 aromatic carbocycles. The molecule has 0 saturated heterocycles. The van der Waals surface area contributed by atoms with Gasteiger partial charge in [-0.3, -0.25) is 0 Å². The van der Waals surface area contributed by atoms with Gasteiger partial charge in [-0.25, -0.2) is 0 Å². The lowest BCUT2D eigenvalue weighted by atomic mass is 10.1. The van der Waals surface area contributed by atoms with E-state index in [9.17, 15) is 0 Å². The summed E-state index contributed by atoms with van der Waals surface area (Å²) in [6.07, 6.45) is 5.56. The first-order valence-corrected chi connectivity index (χ1v) is 5.33. The van der Waals surface area contributed by atoms with Crippen molar-refractivity contribution in [2.45, 2.75) is 20.3 Å². The monoisotopic (exact) mass is 187 g/mol. The van der Waals surface area contributed by atoms with Crippen molar-refractivity contribution in [3.63, 3.8) is 0 Å². The fourth-order valence-corrected chi connectivity index (χ4v) is 1.80. The predicted octanol–water partition coefficient (Wildman–Crippen LogP) is 3.22. The largest absolute Gasteiger partial charge is 0.348 e. The first-order chi connectivity index (χ1) is 6.79. The molecule has 0 amide bonds. The molecule has 0 aliphatic carbocycles. The number of aryl methyl sites for hydroxylation is 1. The molecule has 0 aromatic heterocycles. The normalized spacial score (nSPS) is 20.4. The average molecular weight is 187 g/mol. The maximum Gasteiger partial charge on any atom is 0.0406 e. The number of hydrogen-bond acceptors (Lipinski definition) is 1. The summed E-state index contributed by atoms with van der Waals surface area (Å²) in [5.41, 5.74) is 2.72. The zero-order valence-corrected chi connectivity index (χ0v) is 8.90. The molecule has 1 atom stereocenters. The van der Waals surface area contributed by atoms with Crippen LogP contribution < -0.4 is 4.90 Å². The topological polar surface area (TPSA) is 3.24 Å². The molecule has 0 radical (unpaired) electrons. The van der Waals surface area contributed by atoms with Crippen LogP contribution in [0.3, 0.4) is 0 Å². The average Bonchev–Trinajstić information content (AvgIpc) is 2.65. The van der Waals surface area contributed by atoms with E-state index in [1.54, 1.807) is 0 Å². The van der Waals surface area contributed by atoms with Crippen molar-refractivity contribution in [1.29, 1.82) is 0 Å². The third-order valence-corrected chi connectivity index (χ3v) is 2.76. The standard InChI is InChI=1S/C13H17N/c1-3-12-4-6-13(7-5-12)14-9-8-11(2)10-14/h4-9,11H,3,10H2,1-2H3. The Bertz CT molecular complexity index is 324. The summed E-state index contributed by atoms with van der Waals surface area (Å²) in [6, 6.07) is 8.85. The molecule has 1 aromatic rings. The molecule has 0 bridgehead atoms. The lowest BCUT2D eigenvalue weighted by Gasteiger charge is -2.17. The van der Waals surface area contributed by atoms with Crippen LogP contribution in [0.1, 0.15) is 19.4 Å². The summed E-state index contributed by atoms with van der Waals surface area (Å²) >= 11 is 0. The van der Waals surface area contributed by atoms with Gasteiger partial charge >= 0.3 is 0 Å². The van der Waals surface area contributed by atoms with Crippen molar-refractivity contribution in [2.24, 2.45) is 5.92 Å². The summed E-state index contributed by atoms with van der Waals surface area (Å²) in [5, 5.41) is 0. The summed E-state index contributed by atoms with van der Waals surface area (Å²) in [6.45, 7) is 5.55. The van der Waals surface area contributed by atoms with Crippen molar-refractivity contribution in [2.75, 3.05) is 11.4 Å². The Morgan fingerprint density at radius 1 is 1.29 bits per heavy atom. The van der Waals surface area contributed by atoms with Crippen LogP contribution >= 0.6 is 0 Å². The maximum absolute atomic E-state index is 2.31. The van der Waals surface area contributed by atoms with Gasteiger partial charge in [0, 0.05) is 18.4 Å².